The van der Waals surface area contributed by atoms with Crippen LogP contribution in [-0.4, -0.2) is 47.1 Å². The van der Waals surface area contributed by atoms with Gasteiger partial charge in [-0.15, -0.1) is 0 Å². The first-order chi connectivity index (χ1) is 12.6. The van der Waals surface area contributed by atoms with Crippen LogP contribution in [0.15, 0.2) is 18.2 Å². The van der Waals surface area contributed by atoms with E-state index in [-0.39, 0.29) is 23.6 Å². The van der Waals surface area contributed by atoms with Gasteiger partial charge in [-0.05, 0) is 58.1 Å². The Morgan fingerprint density at radius 3 is 2.67 bits per heavy atom. The monoisotopic (exact) mass is 377 g/mol. The van der Waals surface area contributed by atoms with Crippen LogP contribution in [-0.2, 0) is 4.74 Å². The molecule has 148 valence electrons. The predicted molar refractivity (Wildman–Crippen MR) is 101 cm³/mol. The zero-order valence-corrected chi connectivity index (χ0v) is 16.3. The first-order valence-corrected chi connectivity index (χ1v) is 9.08. The summed E-state index contributed by atoms with van der Waals surface area (Å²) in [6.45, 7) is 8.80. The van der Waals surface area contributed by atoms with E-state index in [2.05, 4.69) is 5.32 Å². The summed E-state index contributed by atoms with van der Waals surface area (Å²) in [5.41, 5.74) is 0.400. The lowest BCUT2D eigenvalue weighted by Gasteiger charge is -2.34. The number of aryl methyl sites for hydroxylation is 1. The molecule has 0 saturated carbocycles. The molecule has 27 heavy (non-hydrogen) atoms. The van der Waals surface area contributed by atoms with E-state index in [4.69, 9.17) is 4.74 Å². The highest BCUT2D eigenvalue weighted by Crippen LogP contribution is 2.20. The van der Waals surface area contributed by atoms with Crippen molar-refractivity contribution in [1.82, 2.24) is 10.2 Å². The van der Waals surface area contributed by atoms with Crippen LogP contribution in [0.3, 0.4) is 0 Å². The fourth-order valence-corrected chi connectivity index (χ4v) is 3.07. The first-order valence-electron chi connectivity index (χ1n) is 9.08. The zero-order chi connectivity index (χ0) is 20.2. The van der Waals surface area contributed by atoms with Crippen molar-refractivity contribution in [2.75, 3.05) is 19.6 Å². The molecular weight excluding hydrogens is 350 g/mol. The molecule has 8 heteroatoms. The number of hydrogen-bond acceptors (Lipinski definition) is 5. The van der Waals surface area contributed by atoms with Gasteiger partial charge in [-0.2, -0.15) is 0 Å². The number of amides is 2. The van der Waals surface area contributed by atoms with Crippen LogP contribution in [0, 0.1) is 23.0 Å². The maximum Gasteiger partial charge on any atom is 0.410 e. The number of nitrogens with one attached hydrogen (secondary N) is 1. The third-order valence-corrected chi connectivity index (χ3v) is 4.39. The molecule has 1 aromatic carbocycles. The summed E-state index contributed by atoms with van der Waals surface area (Å²) in [7, 11) is 0. The Labute approximate surface area is 159 Å². The SMILES string of the molecule is Cc1cc([N+](=O)[O-])ccc1C(=O)NCC1CCCN(C(=O)OC(C)(C)C)C1. The van der Waals surface area contributed by atoms with E-state index in [9.17, 15) is 19.7 Å². The largest absolute Gasteiger partial charge is 0.444 e. The number of nitro groups is 1. The van der Waals surface area contributed by atoms with E-state index in [1.54, 1.807) is 11.8 Å². The Bertz CT molecular complexity index is 727. The smallest absolute Gasteiger partial charge is 0.410 e. The molecule has 2 rings (SSSR count). The molecule has 1 unspecified atom stereocenters. The number of carbonyl (C=O) groups excluding carboxylic acids is 2. The van der Waals surface area contributed by atoms with Crippen molar-refractivity contribution in [2.45, 2.75) is 46.1 Å². The van der Waals surface area contributed by atoms with Gasteiger partial charge in [0.1, 0.15) is 5.60 Å². The lowest BCUT2D eigenvalue weighted by atomic mass is 9.98. The third-order valence-electron chi connectivity index (χ3n) is 4.39. The Balaban J connectivity index is 1.91. The molecule has 8 nitrogen and oxygen atoms in total. The van der Waals surface area contributed by atoms with Gasteiger partial charge in [0.15, 0.2) is 0 Å². The maximum atomic E-state index is 12.4. The molecule has 0 spiro atoms. The van der Waals surface area contributed by atoms with Gasteiger partial charge in [-0.3, -0.25) is 14.9 Å². The first kappa shape index (κ1) is 20.7. The maximum absolute atomic E-state index is 12.4. The van der Waals surface area contributed by atoms with E-state index < -0.39 is 10.5 Å². The number of piperidine rings is 1. The zero-order valence-electron chi connectivity index (χ0n) is 16.3. The molecule has 1 aromatic rings. The number of ether oxygens (including phenoxy) is 1. The van der Waals surface area contributed by atoms with E-state index >= 15 is 0 Å². The van der Waals surface area contributed by atoms with Crippen molar-refractivity contribution in [3.63, 3.8) is 0 Å². The van der Waals surface area contributed by atoms with Gasteiger partial charge in [-0.25, -0.2) is 4.79 Å². The van der Waals surface area contributed by atoms with Crippen molar-refractivity contribution >= 4 is 17.7 Å². The molecule has 0 radical (unpaired) electrons. The van der Waals surface area contributed by atoms with Crippen molar-refractivity contribution in [2.24, 2.45) is 5.92 Å². The van der Waals surface area contributed by atoms with Crippen molar-refractivity contribution in [3.8, 4) is 0 Å². The molecule has 1 heterocycles. The van der Waals surface area contributed by atoms with Crippen molar-refractivity contribution < 1.29 is 19.2 Å². The molecule has 1 fully saturated rings. The fourth-order valence-electron chi connectivity index (χ4n) is 3.07. The van der Waals surface area contributed by atoms with Crippen molar-refractivity contribution in [1.29, 1.82) is 0 Å². The molecule has 1 atom stereocenters. The molecule has 1 aliphatic rings. The Morgan fingerprint density at radius 1 is 1.37 bits per heavy atom. The highest BCUT2D eigenvalue weighted by molar-refractivity contribution is 5.95. The lowest BCUT2D eigenvalue weighted by molar-refractivity contribution is -0.384. The average Bonchev–Trinajstić information content (AvgIpc) is 2.58. The molecule has 2 amide bonds. The normalized spacial score (nSPS) is 17.3. The molecule has 0 aliphatic carbocycles. The minimum absolute atomic E-state index is 0.0377. The Morgan fingerprint density at radius 2 is 2.07 bits per heavy atom. The van der Waals surface area contributed by atoms with Gasteiger partial charge >= 0.3 is 6.09 Å². The van der Waals surface area contributed by atoms with E-state index in [0.717, 1.165) is 12.8 Å². The minimum Gasteiger partial charge on any atom is -0.444 e. The quantitative estimate of drug-likeness (QED) is 0.641. The standard InChI is InChI=1S/C19H27N3O5/c1-13-10-15(22(25)26)7-8-16(13)17(23)20-11-14-6-5-9-21(12-14)18(24)27-19(2,3)4/h7-8,10,14H,5-6,9,11-12H2,1-4H3,(H,20,23). The predicted octanol–water partition coefficient (Wildman–Crippen LogP) is 3.28. The van der Waals surface area contributed by atoms with Crippen LogP contribution in [0.1, 0.15) is 49.5 Å². The molecule has 1 N–H and O–H groups in total. The highest BCUT2D eigenvalue weighted by atomic mass is 16.6. The number of carbonyl (C=O) groups is 2. The van der Waals surface area contributed by atoms with Gasteiger partial charge in [0.05, 0.1) is 4.92 Å². The van der Waals surface area contributed by atoms with E-state index in [0.29, 0.717) is 30.8 Å². The number of hydrogen-bond donors (Lipinski definition) is 1. The Hall–Kier alpha value is -2.64. The van der Waals surface area contributed by atoms with Crippen molar-refractivity contribution in [3.05, 3.63) is 39.4 Å². The summed E-state index contributed by atoms with van der Waals surface area (Å²) < 4.78 is 5.41. The Kier molecular flexibility index (Phi) is 6.41. The fraction of sp³-hybridized carbons (Fsp3) is 0.579. The van der Waals surface area contributed by atoms with Crippen LogP contribution in [0.4, 0.5) is 10.5 Å². The molecule has 0 bridgehead atoms. The van der Waals surface area contributed by atoms with Gasteiger partial charge in [0.2, 0.25) is 0 Å². The van der Waals surface area contributed by atoms with Gasteiger partial charge in [0, 0.05) is 37.3 Å². The third kappa shape index (κ3) is 5.94. The summed E-state index contributed by atoms with van der Waals surface area (Å²) in [6, 6.07) is 4.18. The molecule has 0 aromatic heterocycles. The molecule has 1 aliphatic heterocycles. The second kappa shape index (κ2) is 8.37. The summed E-state index contributed by atoms with van der Waals surface area (Å²) in [5, 5.41) is 13.7. The second-order valence-electron chi connectivity index (χ2n) is 7.90. The summed E-state index contributed by atoms with van der Waals surface area (Å²) in [5.74, 6) is -0.120. The topological polar surface area (TPSA) is 102 Å². The lowest BCUT2D eigenvalue weighted by Crippen LogP contribution is -2.45. The van der Waals surface area contributed by atoms with Crippen LogP contribution >= 0.6 is 0 Å². The molecular formula is C19H27N3O5. The summed E-state index contributed by atoms with van der Waals surface area (Å²) in [4.78, 5) is 36.6. The second-order valence-corrected chi connectivity index (χ2v) is 7.90. The number of nitrogens with zero attached hydrogens (tertiary/aromatic N) is 2. The summed E-state index contributed by atoms with van der Waals surface area (Å²) in [6.07, 6.45) is 1.44. The summed E-state index contributed by atoms with van der Waals surface area (Å²) >= 11 is 0. The van der Waals surface area contributed by atoms with Gasteiger partial charge in [-0.1, -0.05) is 0 Å². The number of nitro benzene ring substituents is 1. The minimum atomic E-state index is -0.536. The average molecular weight is 377 g/mol. The number of non-ortho nitro benzene ring substituents is 1. The van der Waals surface area contributed by atoms with Gasteiger partial charge in [0.25, 0.3) is 11.6 Å². The van der Waals surface area contributed by atoms with Crippen LogP contribution in [0.2, 0.25) is 0 Å². The highest BCUT2D eigenvalue weighted by Gasteiger charge is 2.28. The van der Waals surface area contributed by atoms with Crippen LogP contribution in [0.25, 0.3) is 0 Å². The number of likely N-dealkylation sites (tertiary alicyclic amines) is 1. The van der Waals surface area contributed by atoms with E-state index in [1.165, 1.54) is 18.2 Å². The number of benzene rings is 1. The van der Waals surface area contributed by atoms with E-state index in [1.807, 2.05) is 20.8 Å². The molecule has 1 saturated heterocycles. The van der Waals surface area contributed by atoms with Crippen LogP contribution < -0.4 is 5.32 Å². The van der Waals surface area contributed by atoms with Crippen LogP contribution in [0.5, 0.6) is 0 Å². The van der Waals surface area contributed by atoms with Gasteiger partial charge < -0.3 is 15.0 Å². The number of rotatable bonds is 4.